The van der Waals surface area contributed by atoms with Crippen molar-refractivity contribution >= 4 is 8.58 Å². The van der Waals surface area contributed by atoms with E-state index in [-0.39, 0.29) is 0 Å². The smallest absolute Gasteiger partial charge is 0.0211 e. The van der Waals surface area contributed by atoms with Crippen molar-refractivity contribution in [1.82, 2.24) is 0 Å². The second kappa shape index (κ2) is 6.89. The summed E-state index contributed by atoms with van der Waals surface area (Å²) in [4.78, 5) is 0. The van der Waals surface area contributed by atoms with E-state index in [1.807, 2.05) is 0 Å². The fraction of sp³-hybridized carbons (Fsp3) is 1.00. The first-order chi connectivity index (χ1) is 7.09. The largest absolute Gasteiger partial charge is 0.119 e. The molecule has 0 spiro atoms. The van der Waals surface area contributed by atoms with Crippen LogP contribution >= 0.6 is 8.58 Å². The maximum atomic E-state index is 2.48. The van der Waals surface area contributed by atoms with Crippen molar-refractivity contribution in [3.63, 3.8) is 0 Å². The average molecular weight is 228 g/mol. The van der Waals surface area contributed by atoms with Crippen LogP contribution in [0.5, 0.6) is 0 Å². The van der Waals surface area contributed by atoms with Crippen molar-refractivity contribution in [1.29, 1.82) is 0 Å². The molecule has 4 atom stereocenters. The van der Waals surface area contributed by atoms with Gasteiger partial charge < -0.3 is 0 Å². The minimum atomic E-state index is 0.901. The zero-order valence-electron chi connectivity index (χ0n) is 11.1. The molecule has 0 heterocycles. The van der Waals surface area contributed by atoms with Crippen LogP contribution in [0, 0.1) is 17.8 Å². The summed E-state index contributed by atoms with van der Waals surface area (Å²) >= 11 is 0. The van der Waals surface area contributed by atoms with Gasteiger partial charge in [0, 0.05) is 0 Å². The van der Waals surface area contributed by atoms with E-state index in [9.17, 15) is 0 Å². The summed E-state index contributed by atoms with van der Waals surface area (Å²) in [5.74, 6) is 2.90. The SMILES string of the molecule is CC(C)CCCPC1CCC(C)CC1C. The van der Waals surface area contributed by atoms with Crippen molar-refractivity contribution in [3.8, 4) is 0 Å². The molecule has 0 N–H and O–H groups in total. The molecule has 0 nitrogen and oxygen atoms in total. The van der Waals surface area contributed by atoms with Crippen molar-refractivity contribution in [2.45, 2.75) is 65.5 Å². The predicted molar refractivity (Wildman–Crippen MR) is 73.2 cm³/mol. The van der Waals surface area contributed by atoms with E-state index in [0.29, 0.717) is 0 Å². The molecule has 1 saturated carbocycles. The maximum absolute atomic E-state index is 2.48. The molecule has 1 rings (SSSR count). The van der Waals surface area contributed by atoms with Crippen LogP contribution in [-0.4, -0.2) is 11.8 Å². The van der Waals surface area contributed by atoms with Gasteiger partial charge in [0.2, 0.25) is 0 Å². The second-order valence-electron chi connectivity index (χ2n) is 5.99. The van der Waals surface area contributed by atoms with Crippen LogP contribution in [0.15, 0.2) is 0 Å². The molecule has 0 aromatic heterocycles. The normalized spacial score (nSPS) is 33.0. The lowest BCUT2D eigenvalue weighted by atomic mass is 9.83. The van der Waals surface area contributed by atoms with E-state index >= 15 is 0 Å². The fourth-order valence-corrected chi connectivity index (χ4v) is 4.45. The monoisotopic (exact) mass is 228 g/mol. The standard InChI is InChI=1S/C14H29P/c1-11(2)6-5-9-15-14-8-7-12(3)10-13(14)4/h11-15H,5-10H2,1-4H3. The molecule has 0 radical (unpaired) electrons. The van der Waals surface area contributed by atoms with Crippen LogP contribution in [0.25, 0.3) is 0 Å². The van der Waals surface area contributed by atoms with Gasteiger partial charge in [-0.15, -0.1) is 8.58 Å². The quantitative estimate of drug-likeness (QED) is 0.462. The van der Waals surface area contributed by atoms with Crippen molar-refractivity contribution < 1.29 is 0 Å². The fourth-order valence-electron chi connectivity index (χ4n) is 2.77. The highest BCUT2D eigenvalue weighted by molar-refractivity contribution is 7.38. The van der Waals surface area contributed by atoms with E-state index in [1.54, 1.807) is 0 Å². The van der Waals surface area contributed by atoms with Crippen molar-refractivity contribution in [3.05, 3.63) is 0 Å². The summed E-state index contributed by atoms with van der Waals surface area (Å²) in [6.45, 7) is 9.59. The Balaban J connectivity index is 2.10. The zero-order chi connectivity index (χ0) is 11.3. The van der Waals surface area contributed by atoms with Gasteiger partial charge in [-0.25, -0.2) is 0 Å². The predicted octanol–water partition coefficient (Wildman–Crippen LogP) is 4.93. The lowest BCUT2D eigenvalue weighted by molar-refractivity contribution is 0.308. The third-order valence-corrected chi connectivity index (χ3v) is 5.82. The molecule has 90 valence electrons. The van der Waals surface area contributed by atoms with Crippen molar-refractivity contribution in [2.75, 3.05) is 6.16 Å². The third kappa shape index (κ3) is 5.34. The molecule has 0 aliphatic heterocycles. The molecule has 1 heteroatoms. The highest BCUT2D eigenvalue weighted by Gasteiger charge is 2.24. The van der Waals surface area contributed by atoms with Gasteiger partial charge in [0.25, 0.3) is 0 Å². The lowest BCUT2D eigenvalue weighted by Gasteiger charge is -2.32. The van der Waals surface area contributed by atoms with Crippen LogP contribution < -0.4 is 0 Å². The molecule has 1 fully saturated rings. The maximum Gasteiger partial charge on any atom is -0.0211 e. The summed E-state index contributed by atoms with van der Waals surface area (Å²) in [6.07, 6.45) is 8.90. The van der Waals surface area contributed by atoms with Gasteiger partial charge in [0.05, 0.1) is 0 Å². The molecule has 0 aromatic carbocycles. The van der Waals surface area contributed by atoms with E-state index in [2.05, 4.69) is 27.7 Å². The Bertz CT molecular complexity index is 165. The Morgan fingerprint density at radius 3 is 2.53 bits per heavy atom. The Morgan fingerprint density at radius 2 is 1.93 bits per heavy atom. The van der Waals surface area contributed by atoms with Gasteiger partial charge in [-0.3, -0.25) is 0 Å². The molecular weight excluding hydrogens is 199 g/mol. The van der Waals surface area contributed by atoms with Crippen LogP contribution in [0.4, 0.5) is 0 Å². The van der Waals surface area contributed by atoms with Gasteiger partial charge in [0.1, 0.15) is 0 Å². The van der Waals surface area contributed by atoms with Gasteiger partial charge in [-0.1, -0.05) is 40.5 Å². The zero-order valence-corrected chi connectivity index (χ0v) is 12.1. The Kier molecular flexibility index (Phi) is 6.20. The molecule has 15 heavy (non-hydrogen) atoms. The van der Waals surface area contributed by atoms with E-state index in [4.69, 9.17) is 0 Å². The van der Waals surface area contributed by atoms with Gasteiger partial charge in [-0.2, -0.15) is 0 Å². The molecule has 1 aliphatic rings. The third-order valence-electron chi connectivity index (χ3n) is 3.80. The Hall–Kier alpha value is 0.430. The average Bonchev–Trinajstić information content (AvgIpc) is 2.14. The summed E-state index contributed by atoms with van der Waals surface area (Å²) < 4.78 is 0. The first-order valence-electron chi connectivity index (χ1n) is 6.83. The van der Waals surface area contributed by atoms with Crippen LogP contribution in [-0.2, 0) is 0 Å². The van der Waals surface area contributed by atoms with Crippen LogP contribution in [0.2, 0.25) is 0 Å². The van der Waals surface area contributed by atoms with Crippen molar-refractivity contribution in [2.24, 2.45) is 17.8 Å². The minimum Gasteiger partial charge on any atom is -0.119 e. The van der Waals surface area contributed by atoms with Crippen LogP contribution in [0.3, 0.4) is 0 Å². The number of rotatable bonds is 5. The highest BCUT2D eigenvalue weighted by atomic mass is 31.1. The van der Waals surface area contributed by atoms with Crippen LogP contribution in [0.1, 0.15) is 59.8 Å². The van der Waals surface area contributed by atoms with E-state index < -0.39 is 0 Å². The van der Waals surface area contributed by atoms with E-state index in [0.717, 1.165) is 23.4 Å². The topological polar surface area (TPSA) is 0 Å². The molecular formula is C14H29P. The van der Waals surface area contributed by atoms with Gasteiger partial charge >= 0.3 is 0 Å². The summed E-state index contributed by atoms with van der Waals surface area (Å²) in [7, 11) is 1.25. The second-order valence-corrected chi connectivity index (χ2v) is 7.64. The molecule has 0 aromatic rings. The number of hydrogen-bond acceptors (Lipinski definition) is 0. The highest BCUT2D eigenvalue weighted by Crippen LogP contribution is 2.39. The molecule has 0 amide bonds. The molecule has 1 aliphatic carbocycles. The summed E-state index contributed by atoms with van der Waals surface area (Å²) in [5.41, 5.74) is 1.08. The minimum absolute atomic E-state index is 0.901. The summed E-state index contributed by atoms with van der Waals surface area (Å²) in [5, 5.41) is 0. The molecule has 0 saturated heterocycles. The Morgan fingerprint density at radius 1 is 1.20 bits per heavy atom. The molecule has 0 bridgehead atoms. The lowest BCUT2D eigenvalue weighted by Crippen LogP contribution is -2.22. The summed E-state index contributed by atoms with van der Waals surface area (Å²) in [6, 6.07) is 0. The Labute approximate surface area is 98.4 Å². The van der Waals surface area contributed by atoms with Gasteiger partial charge in [0.15, 0.2) is 0 Å². The molecule has 4 unspecified atom stereocenters. The first kappa shape index (κ1) is 13.5. The first-order valence-corrected chi connectivity index (χ1v) is 8.11. The number of hydrogen-bond donors (Lipinski definition) is 0. The van der Waals surface area contributed by atoms with Gasteiger partial charge in [-0.05, 0) is 48.8 Å². The van der Waals surface area contributed by atoms with E-state index in [1.165, 1.54) is 46.8 Å².